The van der Waals surface area contributed by atoms with Gasteiger partial charge >= 0.3 is 0 Å². The van der Waals surface area contributed by atoms with Crippen LogP contribution >= 0.6 is 0 Å². The molecule has 0 spiro atoms. The summed E-state index contributed by atoms with van der Waals surface area (Å²) in [5, 5.41) is 0.989. The molecular weight excluding hydrogens is 224 g/mol. The van der Waals surface area contributed by atoms with E-state index < -0.39 is 0 Å². The summed E-state index contributed by atoms with van der Waals surface area (Å²) in [7, 11) is 0. The molecule has 0 bridgehead atoms. The van der Waals surface area contributed by atoms with Crippen molar-refractivity contribution in [3.63, 3.8) is 0 Å². The number of hydrogen-bond donors (Lipinski definition) is 2. The molecule has 0 aliphatic rings. The topological polar surface area (TPSA) is 77.3 Å². The Morgan fingerprint density at radius 3 is 2.78 bits per heavy atom. The lowest BCUT2D eigenvalue weighted by Gasteiger charge is -2.04. The minimum Gasteiger partial charge on any atom is -0.402 e. The highest BCUT2D eigenvalue weighted by molar-refractivity contribution is 5.99. The number of fused-ring (bicyclic) bond motifs is 1. The van der Waals surface area contributed by atoms with E-state index in [0.717, 1.165) is 22.2 Å². The lowest BCUT2D eigenvalue weighted by molar-refractivity contribution is 1.31. The van der Waals surface area contributed by atoms with Crippen molar-refractivity contribution in [1.29, 1.82) is 0 Å². The van der Waals surface area contributed by atoms with Crippen LogP contribution < -0.4 is 11.5 Å². The smallest absolute Gasteiger partial charge is 0.125 e. The number of rotatable bonds is 2. The van der Waals surface area contributed by atoms with Crippen LogP contribution in [0.4, 0.5) is 5.69 Å². The third-order valence-electron chi connectivity index (χ3n) is 2.57. The predicted molar refractivity (Wildman–Crippen MR) is 75.7 cm³/mol. The van der Waals surface area contributed by atoms with Crippen LogP contribution in [0.5, 0.6) is 0 Å². The average Bonchev–Trinajstić information content (AvgIpc) is 2.32. The summed E-state index contributed by atoms with van der Waals surface area (Å²) < 4.78 is 0. The van der Waals surface area contributed by atoms with Gasteiger partial charge in [0.2, 0.25) is 0 Å². The number of aryl methyl sites for hydroxylation is 1. The fraction of sp³-hybridized carbons (Fsp3) is 0.143. The van der Waals surface area contributed by atoms with Crippen molar-refractivity contribution in [1.82, 2.24) is 4.98 Å². The van der Waals surface area contributed by atoms with Gasteiger partial charge in [-0.25, -0.2) is 4.99 Å². The van der Waals surface area contributed by atoms with Crippen molar-refractivity contribution in [2.45, 2.75) is 13.8 Å². The van der Waals surface area contributed by atoms with Crippen LogP contribution in [0.2, 0.25) is 0 Å². The van der Waals surface area contributed by atoms with Crippen molar-refractivity contribution < 1.29 is 0 Å². The molecule has 4 nitrogen and oxygen atoms in total. The first-order valence-electron chi connectivity index (χ1n) is 5.70. The standard InChI is InChI=1S/C14H16N4/c1-9-5-6-12(18-13(16)8-10(2)15)11-4-3-7-17-14(9)11/h3-8H,15H2,1-2H3,(H2,16,18). The largest absolute Gasteiger partial charge is 0.402 e. The second-order valence-electron chi connectivity index (χ2n) is 4.23. The van der Waals surface area contributed by atoms with Gasteiger partial charge in [0.15, 0.2) is 0 Å². The molecule has 0 saturated heterocycles. The number of aromatic nitrogens is 1. The van der Waals surface area contributed by atoms with E-state index in [0.29, 0.717) is 11.5 Å². The quantitative estimate of drug-likeness (QED) is 0.625. The van der Waals surface area contributed by atoms with E-state index in [-0.39, 0.29) is 0 Å². The fourth-order valence-corrected chi connectivity index (χ4v) is 1.80. The Bertz CT molecular complexity index is 637. The lowest BCUT2D eigenvalue weighted by Crippen LogP contribution is -2.09. The summed E-state index contributed by atoms with van der Waals surface area (Å²) in [5.41, 5.74) is 14.9. The zero-order valence-electron chi connectivity index (χ0n) is 10.5. The molecule has 92 valence electrons. The Morgan fingerprint density at radius 2 is 2.06 bits per heavy atom. The Kier molecular flexibility index (Phi) is 3.28. The van der Waals surface area contributed by atoms with E-state index in [1.807, 2.05) is 31.2 Å². The van der Waals surface area contributed by atoms with E-state index in [1.165, 1.54) is 0 Å². The molecule has 1 heterocycles. The Morgan fingerprint density at radius 1 is 1.28 bits per heavy atom. The Hall–Kier alpha value is -2.36. The van der Waals surface area contributed by atoms with Gasteiger partial charge in [0, 0.05) is 17.3 Å². The number of pyridine rings is 1. The molecule has 0 unspecified atom stereocenters. The van der Waals surface area contributed by atoms with Gasteiger partial charge in [-0.3, -0.25) is 4.98 Å². The third kappa shape index (κ3) is 2.48. The first-order valence-corrected chi connectivity index (χ1v) is 5.70. The Balaban J connectivity index is 2.59. The average molecular weight is 240 g/mol. The molecule has 4 N–H and O–H groups in total. The molecule has 0 aliphatic heterocycles. The number of amidine groups is 1. The molecule has 1 aromatic carbocycles. The highest BCUT2D eigenvalue weighted by Crippen LogP contribution is 2.26. The monoisotopic (exact) mass is 240 g/mol. The van der Waals surface area contributed by atoms with Crippen molar-refractivity contribution in [3.05, 3.63) is 47.8 Å². The van der Waals surface area contributed by atoms with Gasteiger partial charge in [0.25, 0.3) is 0 Å². The zero-order chi connectivity index (χ0) is 13.1. The van der Waals surface area contributed by atoms with Gasteiger partial charge in [-0.05, 0) is 43.7 Å². The molecule has 0 fully saturated rings. The number of benzene rings is 1. The summed E-state index contributed by atoms with van der Waals surface area (Å²) in [6.45, 7) is 3.80. The maximum Gasteiger partial charge on any atom is 0.125 e. The number of nitrogens with two attached hydrogens (primary N) is 2. The highest BCUT2D eigenvalue weighted by atomic mass is 14.9. The zero-order valence-corrected chi connectivity index (χ0v) is 10.5. The minimum atomic E-state index is 0.393. The second kappa shape index (κ2) is 4.87. The third-order valence-corrected chi connectivity index (χ3v) is 2.57. The minimum absolute atomic E-state index is 0.393. The van der Waals surface area contributed by atoms with Crippen molar-refractivity contribution in [2.24, 2.45) is 16.5 Å². The summed E-state index contributed by atoms with van der Waals surface area (Å²) in [6.07, 6.45) is 3.41. The normalized spacial score (nSPS) is 13.0. The molecule has 4 heteroatoms. The van der Waals surface area contributed by atoms with E-state index in [1.54, 1.807) is 19.2 Å². The molecule has 0 radical (unpaired) electrons. The lowest BCUT2D eigenvalue weighted by atomic mass is 10.1. The van der Waals surface area contributed by atoms with Crippen molar-refractivity contribution >= 4 is 22.4 Å². The van der Waals surface area contributed by atoms with E-state index in [9.17, 15) is 0 Å². The molecule has 0 saturated carbocycles. The van der Waals surface area contributed by atoms with Crippen molar-refractivity contribution in [3.8, 4) is 0 Å². The van der Waals surface area contributed by atoms with Crippen LogP contribution in [0.3, 0.4) is 0 Å². The van der Waals surface area contributed by atoms with Gasteiger partial charge in [-0.2, -0.15) is 0 Å². The van der Waals surface area contributed by atoms with E-state index in [2.05, 4.69) is 9.98 Å². The summed E-state index contributed by atoms with van der Waals surface area (Å²) in [4.78, 5) is 8.73. The first kappa shape index (κ1) is 12.1. The molecule has 0 amide bonds. The molecule has 0 atom stereocenters. The second-order valence-corrected chi connectivity index (χ2v) is 4.23. The maximum atomic E-state index is 5.81. The summed E-state index contributed by atoms with van der Waals surface area (Å²) in [6, 6.07) is 7.80. The molecule has 1 aromatic heterocycles. The number of nitrogens with zero attached hydrogens (tertiary/aromatic N) is 2. The molecule has 0 aliphatic carbocycles. The summed E-state index contributed by atoms with van der Waals surface area (Å²) >= 11 is 0. The van der Waals surface area contributed by atoms with Crippen LogP contribution in [-0.2, 0) is 0 Å². The summed E-state index contributed by atoms with van der Waals surface area (Å²) in [5.74, 6) is 0.393. The molecule has 18 heavy (non-hydrogen) atoms. The molecule has 2 rings (SSSR count). The van der Waals surface area contributed by atoms with Gasteiger partial charge in [-0.15, -0.1) is 0 Å². The van der Waals surface area contributed by atoms with Crippen molar-refractivity contribution in [2.75, 3.05) is 0 Å². The first-order chi connectivity index (χ1) is 8.58. The molecular formula is C14H16N4. The predicted octanol–water partition coefficient (Wildman–Crippen LogP) is 2.39. The van der Waals surface area contributed by atoms with Crippen LogP contribution in [-0.4, -0.2) is 10.8 Å². The van der Waals surface area contributed by atoms with Gasteiger partial charge in [0.05, 0.1) is 11.2 Å². The van der Waals surface area contributed by atoms with E-state index in [4.69, 9.17) is 11.5 Å². The van der Waals surface area contributed by atoms with Gasteiger partial charge in [0.1, 0.15) is 5.84 Å². The van der Waals surface area contributed by atoms with E-state index >= 15 is 0 Å². The maximum absolute atomic E-state index is 5.81. The van der Waals surface area contributed by atoms with Crippen LogP contribution in [0.1, 0.15) is 12.5 Å². The van der Waals surface area contributed by atoms with Crippen LogP contribution in [0.15, 0.2) is 47.2 Å². The number of allylic oxidation sites excluding steroid dienone is 1. The molecule has 2 aromatic rings. The SMILES string of the molecule is CC(N)=CC(N)=Nc1ccc(C)c2ncccc12. The number of aliphatic imine (C=N–C) groups is 1. The van der Waals surface area contributed by atoms with Gasteiger partial charge < -0.3 is 11.5 Å². The van der Waals surface area contributed by atoms with Crippen LogP contribution in [0, 0.1) is 6.92 Å². The fourth-order valence-electron chi connectivity index (χ4n) is 1.80. The Labute approximate surface area is 106 Å². The number of hydrogen-bond acceptors (Lipinski definition) is 3. The van der Waals surface area contributed by atoms with Gasteiger partial charge in [-0.1, -0.05) is 6.07 Å². The van der Waals surface area contributed by atoms with Crippen LogP contribution in [0.25, 0.3) is 10.9 Å². The highest BCUT2D eigenvalue weighted by Gasteiger charge is 2.03.